The van der Waals surface area contributed by atoms with Gasteiger partial charge in [0, 0.05) is 49.8 Å². The monoisotopic (exact) mass is 387 g/mol. The van der Waals surface area contributed by atoms with Gasteiger partial charge < -0.3 is 9.47 Å². The Morgan fingerprint density at radius 1 is 1.30 bits per heavy atom. The second-order valence-corrected chi connectivity index (χ2v) is 8.70. The minimum Gasteiger partial charge on any atom is -0.377 e. The normalized spacial score (nSPS) is 22.5. The number of likely N-dealkylation sites (tertiary alicyclic amines) is 1. The molecule has 2 aliphatic rings. The number of piperidine rings is 1. The van der Waals surface area contributed by atoms with Crippen LogP contribution in [0.3, 0.4) is 0 Å². The Hall–Kier alpha value is -1.34. The third kappa shape index (κ3) is 4.74. The summed E-state index contributed by atoms with van der Waals surface area (Å²) < 4.78 is 12.2. The van der Waals surface area contributed by atoms with Gasteiger partial charge in [0.1, 0.15) is 5.01 Å². The maximum atomic E-state index is 6.31. The second kappa shape index (κ2) is 8.78. The van der Waals surface area contributed by atoms with E-state index in [1.54, 1.807) is 11.3 Å². The summed E-state index contributed by atoms with van der Waals surface area (Å²) in [7, 11) is 0. The molecular formula is C21H29N3O2S. The zero-order valence-electron chi connectivity index (χ0n) is 16.1. The largest absolute Gasteiger partial charge is 0.377 e. The van der Waals surface area contributed by atoms with Gasteiger partial charge in [0.2, 0.25) is 0 Å². The Balaban J connectivity index is 1.23. The van der Waals surface area contributed by atoms with Crippen molar-refractivity contribution in [2.45, 2.75) is 51.4 Å². The lowest BCUT2D eigenvalue weighted by atomic mass is 9.78. The van der Waals surface area contributed by atoms with Gasteiger partial charge in [-0.25, -0.2) is 4.98 Å². The van der Waals surface area contributed by atoms with E-state index < -0.39 is 0 Å². The van der Waals surface area contributed by atoms with E-state index in [-0.39, 0.29) is 5.60 Å². The van der Waals surface area contributed by atoms with Gasteiger partial charge in [0.05, 0.1) is 18.8 Å². The number of pyridine rings is 1. The van der Waals surface area contributed by atoms with Gasteiger partial charge in [-0.2, -0.15) is 0 Å². The van der Waals surface area contributed by atoms with Gasteiger partial charge in [0.15, 0.2) is 0 Å². The van der Waals surface area contributed by atoms with Crippen LogP contribution in [0.1, 0.15) is 41.9 Å². The molecule has 5 nitrogen and oxygen atoms in total. The van der Waals surface area contributed by atoms with Gasteiger partial charge in [-0.1, -0.05) is 0 Å². The number of aromatic nitrogens is 2. The first kappa shape index (κ1) is 19.0. The Bertz CT molecular complexity index is 713. The van der Waals surface area contributed by atoms with Crippen LogP contribution in [0.4, 0.5) is 0 Å². The fourth-order valence-electron chi connectivity index (χ4n) is 4.40. The first-order valence-corrected chi connectivity index (χ1v) is 10.9. The molecule has 0 amide bonds. The molecule has 4 rings (SSSR count). The summed E-state index contributed by atoms with van der Waals surface area (Å²) in [6.45, 7) is 7.64. The lowest BCUT2D eigenvalue weighted by Crippen LogP contribution is -2.47. The Labute approximate surface area is 165 Å². The van der Waals surface area contributed by atoms with E-state index >= 15 is 0 Å². The molecule has 2 aromatic rings. The highest BCUT2D eigenvalue weighted by molar-refractivity contribution is 7.09. The predicted molar refractivity (Wildman–Crippen MR) is 107 cm³/mol. The molecule has 1 atom stereocenters. The fraction of sp³-hybridized carbons (Fsp3) is 0.619. The molecule has 6 heteroatoms. The summed E-state index contributed by atoms with van der Waals surface area (Å²) in [4.78, 5) is 11.2. The molecular weight excluding hydrogens is 358 g/mol. The summed E-state index contributed by atoms with van der Waals surface area (Å²) in [5.41, 5.74) is 2.40. The average Bonchev–Trinajstić information content (AvgIpc) is 3.28. The molecule has 0 N–H and O–H groups in total. The molecule has 2 fully saturated rings. The smallest absolute Gasteiger partial charge is 0.107 e. The van der Waals surface area contributed by atoms with E-state index in [4.69, 9.17) is 9.47 Å². The number of nitrogens with zero attached hydrogens (tertiary/aromatic N) is 3. The molecule has 2 saturated heterocycles. The quantitative estimate of drug-likeness (QED) is 0.676. The van der Waals surface area contributed by atoms with Gasteiger partial charge in [-0.15, -0.1) is 11.3 Å². The van der Waals surface area contributed by atoms with E-state index in [1.165, 1.54) is 17.0 Å². The number of aryl methyl sites for hydroxylation is 1. The zero-order chi connectivity index (χ0) is 18.5. The maximum Gasteiger partial charge on any atom is 0.107 e. The molecule has 0 aromatic carbocycles. The van der Waals surface area contributed by atoms with Crippen molar-refractivity contribution in [2.24, 2.45) is 5.92 Å². The third-order valence-electron chi connectivity index (χ3n) is 5.96. The molecule has 2 aromatic heterocycles. The van der Waals surface area contributed by atoms with Crippen LogP contribution >= 0.6 is 11.3 Å². The molecule has 2 aliphatic heterocycles. The molecule has 4 heterocycles. The van der Waals surface area contributed by atoms with Gasteiger partial charge in [-0.3, -0.25) is 9.88 Å². The molecule has 1 spiro atoms. The van der Waals surface area contributed by atoms with Gasteiger partial charge in [-0.05, 0) is 56.2 Å². The lowest BCUT2D eigenvalue weighted by Gasteiger charge is -2.42. The number of hydrogen-bond donors (Lipinski definition) is 0. The highest BCUT2D eigenvalue weighted by Gasteiger charge is 2.45. The van der Waals surface area contributed by atoms with Crippen molar-refractivity contribution in [3.63, 3.8) is 0 Å². The van der Waals surface area contributed by atoms with Crippen molar-refractivity contribution in [2.75, 3.05) is 26.3 Å². The fourth-order valence-corrected chi connectivity index (χ4v) is 5.21. The summed E-state index contributed by atoms with van der Waals surface area (Å²) in [6.07, 6.45) is 8.17. The van der Waals surface area contributed by atoms with Crippen LogP contribution in [0, 0.1) is 12.8 Å². The standard InChI is InChI=1S/C21H29N3O2S/c1-17-16-27-20(23-17)14-24-10-6-21(7-11-24)19(5-13-26-21)4-12-25-15-18-2-8-22-9-3-18/h2-3,8-9,16,19H,4-7,10-15H2,1H3. The van der Waals surface area contributed by atoms with Gasteiger partial charge in [0.25, 0.3) is 0 Å². The van der Waals surface area contributed by atoms with Crippen molar-refractivity contribution in [1.29, 1.82) is 0 Å². The SMILES string of the molecule is Cc1csc(CN2CCC3(CC2)OCCC3CCOCc2ccncc2)n1. The van der Waals surface area contributed by atoms with E-state index in [1.807, 2.05) is 24.5 Å². The second-order valence-electron chi connectivity index (χ2n) is 7.75. The van der Waals surface area contributed by atoms with Crippen molar-refractivity contribution in [1.82, 2.24) is 14.9 Å². The van der Waals surface area contributed by atoms with Crippen molar-refractivity contribution in [3.05, 3.63) is 46.2 Å². The average molecular weight is 388 g/mol. The summed E-state index contributed by atoms with van der Waals surface area (Å²) in [5, 5.41) is 3.37. The highest BCUT2D eigenvalue weighted by atomic mass is 32.1. The molecule has 0 saturated carbocycles. The van der Waals surface area contributed by atoms with Crippen LogP contribution in [0.15, 0.2) is 29.9 Å². The molecule has 0 bridgehead atoms. The first-order chi connectivity index (χ1) is 13.2. The molecule has 1 unspecified atom stereocenters. The first-order valence-electron chi connectivity index (χ1n) is 9.97. The van der Waals surface area contributed by atoms with E-state index in [9.17, 15) is 0 Å². The Morgan fingerprint density at radius 2 is 2.11 bits per heavy atom. The summed E-state index contributed by atoms with van der Waals surface area (Å²) in [6, 6.07) is 4.03. The van der Waals surface area contributed by atoms with Crippen LogP contribution in [0.2, 0.25) is 0 Å². The minimum atomic E-state index is 0.0787. The summed E-state index contributed by atoms with van der Waals surface area (Å²) >= 11 is 1.77. The molecule has 146 valence electrons. The zero-order valence-corrected chi connectivity index (χ0v) is 16.9. The number of thiazole rings is 1. The minimum absolute atomic E-state index is 0.0787. The Morgan fingerprint density at radius 3 is 2.85 bits per heavy atom. The lowest BCUT2D eigenvalue weighted by molar-refractivity contribution is -0.0733. The van der Waals surface area contributed by atoms with Crippen LogP contribution < -0.4 is 0 Å². The number of ether oxygens (including phenoxy) is 2. The third-order valence-corrected chi connectivity index (χ3v) is 6.91. The molecule has 0 aliphatic carbocycles. The molecule has 0 radical (unpaired) electrons. The van der Waals surface area contributed by atoms with Gasteiger partial charge >= 0.3 is 0 Å². The molecule has 27 heavy (non-hydrogen) atoms. The number of rotatable bonds is 7. The number of hydrogen-bond acceptors (Lipinski definition) is 6. The van der Waals surface area contributed by atoms with Crippen molar-refractivity contribution < 1.29 is 9.47 Å². The maximum absolute atomic E-state index is 6.31. The van der Waals surface area contributed by atoms with E-state index in [0.717, 1.165) is 57.8 Å². The van der Waals surface area contributed by atoms with Crippen molar-refractivity contribution in [3.8, 4) is 0 Å². The highest BCUT2D eigenvalue weighted by Crippen LogP contribution is 2.42. The van der Waals surface area contributed by atoms with Crippen LogP contribution in [0.5, 0.6) is 0 Å². The van der Waals surface area contributed by atoms with Crippen LogP contribution in [-0.2, 0) is 22.6 Å². The Kier molecular flexibility index (Phi) is 6.18. The van der Waals surface area contributed by atoms with E-state index in [0.29, 0.717) is 12.5 Å². The van der Waals surface area contributed by atoms with Crippen molar-refractivity contribution >= 4 is 11.3 Å². The predicted octanol–water partition coefficient (Wildman–Crippen LogP) is 3.82. The summed E-state index contributed by atoms with van der Waals surface area (Å²) in [5.74, 6) is 0.624. The van der Waals surface area contributed by atoms with Crippen LogP contribution in [-0.4, -0.2) is 46.8 Å². The topological polar surface area (TPSA) is 47.5 Å². The van der Waals surface area contributed by atoms with E-state index in [2.05, 4.69) is 27.2 Å². The van der Waals surface area contributed by atoms with Crippen LogP contribution in [0.25, 0.3) is 0 Å².